The molecule has 0 saturated carbocycles. The van der Waals surface area contributed by atoms with Crippen molar-refractivity contribution in [2.45, 2.75) is 52.4 Å². The molecule has 6 nitrogen and oxygen atoms in total. The highest BCUT2D eigenvalue weighted by molar-refractivity contribution is 7.53. The SMILES string of the molecule is CC(C)(C)c1ccccc1OP(=O)(N=[N+]=[N-])Oc1ccccc1C(C)(C)C. The van der Waals surface area contributed by atoms with Gasteiger partial charge < -0.3 is 9.05 Å². The van der Waals surface area contributed by atoms with Crippen molar-refractivity contribution in [3.05, 3.63) is 70.1 Å². The maximum atomic E-state index is 13.2. The Bertz CT molecular complexity index is 844. The van der Waals surface area contributed by atoms with Crippen LogP contribution >= 0.6 is 7.75 Å². The summed E-state index contributed by atoms with van der Waals surface area (Å²) in [6.45, 7) is 12.1. The molecule has 0 saturated heterocycles. The minimum atomic E-state index is -4.15. The Kier molecular flexibility index (Phi) is 5.94. The molecule has 0 aliphatic carbocycles. The summed E-state index contributed by atoms with van der Waals surface area (Å²) >= 11 is 0. The van der Waals surface area contributed by atoms with Crippen molar-refractivity contribution < 1.29 is 13.6 Å². The lowest BCUT2D eigenvalue weighted by molar-refractivity contribution is 0.376. The van der Waals surface area contributed by atoms with Crippen LogP contribution in [0.1, 0.15) is 52.7 Å². The van der Waals surface area contributed by atoms with Crippen molar-refractivity contribution in [2.24, 2.45) is 4.88 Å². The summed E-state index contributed by atoms with van der Waals surface area (Å²) in [5.74, 6) is 0.739. The van der Waals surface area contributed by atoms with E-state index in [1.807, 2.05) is 65.8 Å². The van der Waals surface area contributed by atoms with Gasteiger partial charge in [-0.3, -0.25) is 0 Å². The molecule has 0 amide bonds. The molecule has 0 radical (unpaired) electrons. The Labute approximate surface area is 160 Å². The quantitative estimate of drug-likeness (QED) is 0.236. The fourth-order valence-corrected chi connectivity index (χ4v) is 3.71. The molecular formula is C20H26N3O3P. The number of benzene rings is 2. The molecule has 2 aromatic rings. The molecule has 0 unspecified atom stereocenters. The number of para-hydroxylation sites is 2. The van der Waals surface area contributed by atoms with Gasteiger partial charge in [-0.2, -0.15) is 0 Å². The first kappa shape index (κ1) is 20.9. The van der Waals surface area contributed by atoms with Gasteiger partial charge in [-0.05, 0) is 28.5 Å². The van der Waals surface area contributed by atoms with E-state index in [0.29, 0.717) is 11.5 Å². The van der Waals surface area contributed by atoms with Crippen molar-refractivity contribution in [3.63, 3.8) is 0 Å². The molecule has 0 fully saturated rings. The maximum absolute atomic E-state index is 13.2. The van der Waals surface area contributed by atoms with E-state index in [2.05, 4.69) is 9.80 Å². The van der Waals surface area contributed by atoms with Crippen LogP contribution in [-0.4, -0.2) is 0 Å². The largest absolute Gasteiger partial charge is 0.525 e. The topological polar surface area (TPSA) is 84.3 Å². The van der Waals surface area contributed by atoms with Crippen LogP contribution in [0.15, 0.2) is 53.4 Å². The molecule has 0 bridgehead atoms. The molecule has 0 aliphatic rings. The van der Waals surface area contributed by atoms with Crippen LogP contribution in [0.5, 0.6) is 11.5 Å². The first-order valence-electron chi connectivity index (χ1n) is 8.71. The van der Waals surface area contributed by atoms with Gasteiger partial charge in [0.2, 0.25) is 0 Å². The lowest BCUT2D eigenvalue weighted by Gasteiger charge is -2.26. The molecule has 0 heterocycles. The van der Waals surface area contributed by atoms with Crippen molar-refractivity contribution >= 4 is 7.75 Å². The summed E-state index contributed by atoms with van der Waals surface area (Å²) in [6.07, 6.45) is 0. The zero-order chi connectivity index (χ0) is 20.3. The fraction of sp³-hybridized carbons (Fsp3) is 0.400. The molecule has 0 N–H and O–H groups in total. The molecule has 27 heavy (non-hydrogen) atoms. The van der Waals surface area contributed by atoms with Gasteiger partial charge in [0.05, 0.1) is 0 Å². The van der Waals surface area contributed by atoms with E-state index in [4.69, 9.17) is 14.6 Å². The monoisotopic (exact) mass is 387 g/mol. The number of nitrogens with zero attached hydrogens (tertiary/aromatic N) is 3. The van der Waals surface area contributed by atoms with E-state index in [9.17, 15) is 4.57 Å². The van der Waals surface area contributed by atoms with E-state index in [0.717, 1.165) is 11.1 Å². The lowest BCUT2D eigenvalue weighted by atomic mass is 9.86. The first-order chi connectivity index (χ1) is 12.5. The third-order valence-corrected chi connectivity index (χ3v) is 5.12. The highest BCUT2D eigenvalue weighted by Gasteiger charge is 2.32. The Balaban J connectivity index is 2.48. The van der Waals surface area contributed by atoms with Crippen molar-refractivity contribution in [3.8, 4) is 11.5 Å². The predicted octanol–water partition coefficient (Wildman–Crippen LogP) is 7.16. The average Bonchev–Trinajstić information content (AvgIpc) is 2.53. The molecule has 0 aromatic heterocycles. The second kappa shape index (κ2) is 7.67. The van der Waals surface area contributed by atoms with Gasteiger partial charge in [0.1, 0.15) is 11.5 Å². The molecule has 2 rings (SSSR count). The van der Waals surface area contributed by atoms with Crippen molar-refractivity contribution in [1.82, 2.24) is 0 Å². The van der Waals surface area contributed by atoms with Crippen molar-refractivity contribution in [2.75, 3.05) is 0 Å². The zero-order valence-corrected chi connectivity index (χ0v) is 17.5. The van der Waals surface area contributed by atoms with E-state index < -0.39 is 7.75 Å². The van der Waals surface area contributed by atoms with Crippen LogP contribution in [-0.2, 0) is 15.4 Å². The highest BCUT2D eigenvalue weighted by atomic mass is 31.2. The first-order valence-corrected chi connectivity index (χ1v) is 10.2. The van der Waals surface area contributed by atoms with Crippen LogP contribution in [0.2, 0.25) is 0 Å². The lowest BCUT2D eigenvalue weighted by Crippen LogP contribution is -2.14. The Morgan fingerprint density at radius 3 is 1.52 bits per heavy atom. The Morgan fingerprint density at radius 2 is 1.19 bits per heavy atom. The number of rotatable bonds is 5. The molecule has 0 aliphatic heterocycles. The molecule has 0 atom stereocenters. The van der Waals surface area contributed by atoms with Gasteiger partial charge in [-0.1, -0.05) is 77.9 Å². The molecule has 7 heteroatoms. The van der Waals surface area contributed by atoms with Crippen LogP contribution in [0.4, 0.5) is 0 Å². The van der Waals surface area contributed by atoms with Crippen LogP contribution in [0.3, 0.4) is 0 Å². The Morgan fingerprint density at radius 1 is 0.815 bits per heavy atom. The van der Waals surface area contributed by atoms with Crippen LogP contribution in [0.25, 0.3) is 10.4 Å². The summed E-state index contributed by atoms with van der Waals surface area (Å²) in [4.78, 5) is 6.08. The minimum absolute atomic E-state index is 0.249. The smallest absolute Gasteiger partial charge is 0.411 e. The molecule has 0 spiro atoms. The molecule has 144 valence electrons. The number of hydrogen-bond donors (Lipinski definition) is 0. The molecular weight excluding hydrogens is 361 g/mol. The van der Waals surface area contributed by atoms with Gasteiger partial charge in [0, 0.05) is 20.9 Å². The standard InChI is InChI=1S/C20H26N3O3P/c1-19(2,3)15-11-7-9-13-17(15)25-27(24,23-22-21)26-18-14-10-8-12-16(18)20(4,5)6/h7-14H,1-6H3. The summed E-state index contributed by atoms with van der Waals surface area (Å²) < 4.78 is 24.6. The van der Waals surface area contributed by atoms with Gasteiger partial charge in [0.15, 0.2) is 0 Å². The maximum Gasteiger partial charge on any atom is 0.525 e. The summed E-state index contributed by atoms with van der Waals surface area (Å²) in [5.41, 5.74) is 10.1. The van der Waals surface area contributed by atoms with Gasteiger partial charge >= 0.3 is 7.75 Å². The fourth-order valence-electron chi connectivity index (χ4n) is 2.68. The average molecular weight is 387 g/mol. The van der Waals surface area contributed by atoms with E-state index >= 15 is 0 Å². The molecule has 2 aromatic carbocycles. The highest BCUT2D eigenvalue weighted by Crippen LogP contribution is 2.53. The number of azide groups is 1. The summed E-state index contributed by atoms with van der Waals surface area (Å²) in [5, 5.41) is 0. The van der Waals surface area contributed by atoms with Gasteiger partial charge in [-0.15, -0.1) is 0 Å². The number of hydrogen-bond acceptors (Lipinski definition) is 3. The van der Waals surface area contributed by atoms with Gasteiger partial charge in [0.25, 0.3) is 0 Å². The minimum Gasteiger partial charge on any atom is -0.411 e. The van der Waals surface area contributed by atoms with Gasteiger partial charge in [-0.25, -0.2) is 4.57 Å². The summed E-state index contributed by atoms with van der Waals surface area (Å²) in [7, 11) is -4.15. The third-order valence-electron chi connectivity index (χ3n) is 3.97. The predicted molar refractivity (Wildman–Crippen MR) is 108 cm³/mol. The summed E-state index contributed by atoms with van der Waals surface area (Å²) in [6, 6.07) is 14.5. The van der Waals surface area contributed by atoms with E-state index in [-0.39, 0.29) is 10.8 Å². The Hall–Kier alpha value is -2.42. The van der Waals surface area contributed by atoms with Crippen LogP contribution < -0.4 is 9.05 Å². The second-order valence-corrected chi connectivity index (χ2v) is 9.80. The second-order valence-electron chi connectivity index (χ2n) is 8.32. The van der Waals surface area contributed by atoms with Crippen LogP contribution in [0, 0.1) is 0 Å². The van der Waals surface area contributed by atoms with E-state index in [1.54, 1.807) is 24.3 Å². The van der Waals surface area contributed by atoms with E-state index in [1.165, 1.54) is 0 Å². The third kappa shape index (κ3) is 5.29. The van der Waals surface area contributed by atoms with Crippen molar-refractivity contribution in [1.29, 1.82) is 0 Å². The normalized spacial score (nSPS) is 12.2. The zero-order valence-electron chi connectivity index (χ0n) is 16.6.